The summed E-state index contributed by atoms with van der Waals surface area (Å²) in [7, 11) is 3.18. The SMILES string of the molecule is CCCNC(=O)CN(C)CC(=O)Nc1cc(NC(C)=O)ccc1OC. The van der Waals surface area contributed by atoms with Crippen molar-refractivity contribution in [2.45, 2.75) is 20.3 Å². The van der Waals surface area contributed by atoms with Crippen molar-refractivity contribution in [2.75, 3.05) is 44.4 Å². The molecular formula is C17H26N4O4. The van der Waals surface area contributed by atoms with Gasteiger partial charge in [0.1, 0.15) is 5.75 Å². The maximum absolute atomic E-state index is 12.2. The first-order valence-electron chi connectivity index (χ1n) is 8.06. The monoisotopic (exact) mass is 350 g/mol. The van der Waals surface area contributed by atoms with Crippen LogP contribution in [0.15, 0.2) is 18.2 Å². The Kier molecular flexibility index (Phi) is 8.42. The van der Waals surface area contributed by atoms with E-state index < -0.39 is 0 Å². The Morgan fingerprint density at radius 2 is 1.80 bits per heavy atom. The average molecular weight is 350 g/mol. The van der Waals surface area contributed by atoms with Crippen molar-refractivity contribution in [3.63, 3.8) is 0 Å². The molecule has 3 amide bonds. The average Bonchev–Trinajstić information content (AvgIpc) is 2.52. The van der Waals surface area contributed by atoms with Gasteiger partial charge in [-0.15, -0.1) is 0 Å². The molecule has 0 heterocycles. The van der Waals surface area contributed by atoms with Gasteiger partial charge < -0.3 is 20.7 Å². The van der Waals surface area contributed by atoms with Gasteiger partial charge in [-0.2, -0.15) is 0 Å². The summed E-state index contributed by atoms with van der Waals surface area (Å²) in [5, 5.41) is 8.14. The third-order valence-corrected chi connectivity index (χ3v) is 3.19. The molecule has 138 valence electrons. The standard InChI is InChI=1S/C17H26N4O4/c1-5-8-18-16(23)10-21(3)11-17(24)20-14-9-13(19-12(2)22)6-7-15(14)25-4/h6-7,9H,5,8,10-11H2,1-4H3,(H,18,23)(H,19,22)(H,20,24). The Bertz CT molecular complexity index is 619. The first-order chi connectivity index (χ1) is 11.8. The molecule has 0 aromatic heterocycles. The number of hydrogen-bond donors (Lipinski definition) is 3. The van der Waals surface area contributed by atoms with Crippen molar-refractivity contribution >= 4 is 29.1 Å². The second kappa shape index (κ2) is 10.3. The highest BCUT2D eigenvalue weighted by Crippen LogP contribution is 2.27. The van der Waals surface area contributed by atoms with Gasteiger partial charge in [-0.3, -0.25) is 19.3 Å². The number of carbonyl (C=O) groups is 3. The summed E-state index contributed by atoms with van der Waals surface area (Å²) < 4.78 is 5.21. The minimum Gasteiger partial charge on any atom is -0.495 e. The summed E-state index contributed by atoms with van der Waals surface area (Å²) in [4.78, 5) is 36.6. The highest BCUT2D eigenvalue weighted by atomic mass is 16.5. The second-order valence-electron chi connectivity index (χ2n) is 5.67. The number of likely N-dealkylation sites (N-methyl/N-ethyl adjacent to an activating group) is 1. The van der Waals surface area contributed by atoms with Gasteiger partial charge in [-0.05, 0) is 31.7 Å². The second-order valence-corrected chi connectivity index (χ2v) is 5.67. The van der Waals surface area contributed by atoms with E-state index in [9.17, 15) is 14.4 Å². The Labute approximate surface area is 147 Å². The molecule has 1 rings (SSSR count). The van der Waals surface area contributed by atoms with Crippen LogP contribution in [0.4, 0.5) is 11.4 Å². The van der Waals surface area contributed by atoms with Gasteiger partial charge in [0.25, 0.3) is 0 Å². The molecule has 0 aliphatic rings. The third-order valence-electron chi connectivity index (χ3n) is 3.19. The van der Waals surface area contributed by atoms with Crippen LogP contribution in [0.1, 0.15) is 20.3 Å². The van der Waals surface area contributed by atoms with Crippen molar-refractivity contribution in [3.8, 4) is 5.75 Å². The number of nitrogens with zero attached hydrogens (tertiary/aromatic N) is 1. The van der Waals surface area contributed by atoms with Crippen molar-refractivity contribution in [2.24, 2.45) is 0 Å². The number of benzene rings is 1. The minimum atomic E-state index is -0.288. The number of amides is 3. The number of carbonyl (C=O) groups excluding carboxylic acids is 3. The lowest BCUT2D eigenvalue weighted by atomic mass is 10.2. The van der Waals surface area contributed by atoms with Gasteiger partial charge in [0.2, 0.25) is 17.7 Å². The molecule has 0 fully saturated rings. The van der Waals surface area contributed by atoms with Crippen LogP contribution >= 0.6 is 0 Å². The lowest BCUT2D eigenvalue weighted by Gasteiger charge is -2.17. The lowest BCUT2D eigenvalue weighted by Crippen LogP contribution is -2.39. The zero-order valence-corrected chi connectivity index (χ0v) is 15.1. The quantitative estimate of drug-likeness (QED) is 0.618. The first-order valence-corrected chi connectivity index (χ1v) is 8.06. The summed E-state index contributed by atoms with van der Waals surface area (Å²) in [6, 6.07) is 4.95. The van der Waals surface area contributed by atoms with E-state index in [0.717, 1.165) is 6.42 Å². The predicted molar refractivity (Wildman–Crippen MR) is 96.7 cm³/mol. The lowest BCUT2D eigenvalue weighted by molar-refractivity contribution is -0.123. The van der Waals surface area contributed by atoms with Gasteiger partial charge in [0.05, 0.1) is 25.9 Å². The van der Waals surface area contributed by atoms with E-state index >= 15 is 0 Å². The molecule has 1 aromatic rings. The topological polar surface area (TPSA) is 99.8 Å². The van der Waals surface area contributed by atoms with E-state index in [4.69, 9.17) is 4.74 Å². The highest BCUT2D eigenvalue weighted by molar-refractivity contribution is 5.96. The number of nitrogens with one attached hydrogen (secondary N) is 3. The third kappa shape index (κ3) is 7.67. The normalized spacial score (nSPS) is 10.3. The number of anilines is 2. The van der Waals surface area contributed by atoms with Crippen molar-refractivity contribution in [3.05, 3.63) is 18.2 Å². The fourth-order valence-electron chi connectivity index (χ4n) is 2.14. The molecule has 0 bridgehead atoms. The molecule has 3 N–H and O–H groups in total. The highest BCUT2D eigenvalue weighted by Gasteiger charge is 2.13. The fraction of sp³-hybridized carbons (Fsp3) is 0.471. The van der Waals surface area contributed by atoms with Crippen molar-refractivity contribution in [1.29, 1.82) is 0 Å². The fourth-order valence-corrected chi connectivity index (χ4v) is 2.14. The number of ether oxygens (including phenoxy) is 1. The van der Waals surface area contributed by atoms with Crippen LogP contribution in [0.2, 0.25) is 0 Å². The van der Waals surface area contributed by atoms with E-state index in [-0.39, 0.29) is 30.8 Å². The number of methoxy groups -OCH3 is 1. The van der Waals surface area contributed by atoms with Gasteiger partial charge in [-0.25, -0.2) is 0 Å². The molecule has 8 heteroatoms. The Balaban J connectivity index is 2.65. The molecule has 0 atom stereocenters. The van der Waals surface area contributed by atoms with E-state index in [2.05, 4.69) is 16.0 Å². The van der Waals surface area contributed by atoms with Crippen LogP contribution in [0.3, 0.4) is 0 Å². The maximum atomic E-state index is 12.2. The summed E-state index contributed by atoms with van der Waals surface area (Å²) in [6.45, 7) is 4.18. The molecular weight excluding hydrogens is 324 g/mol. The zero-order valence-electron chi connectivity index (χ0n) is 15.1. The minimum absolute atomic E-state index is 0.0487. The number of hydrogen-bond acceptors (Lipinski definition) is 5. The van der Waals surface area contributed by atoms with Crippen LogP contribution < -0.4 is 20.7 Å². The van der Waals surface area contributed by atoms with Gasteiger partial charge >= 0.3 is 0 Å². The zero-order chi connectivity index (χ0) is 18.8. The van der Waals surface area contributed by atoms with Crippen molar-refractivity contribution in [1.82, 2.24) is 10.2 Å². The van der Waals surface area contributed by atoms with Crippen LogP contribution in [0.5, 0.6) is 5.75 Å². The first kappa shape index (κ1) is 20.4. The molecule has 0 unspecified atom stereocenters. The molecule has 0 radical (unpaired) electrons. The molecule has 0 saturated carbocycles. The molecule has 0 aliphatic carbocycles. The summed E-state index contributed by atoms with van der Waals surface area (Å²) in [5.74, 6) is -0.141. The van der Waals surface area contributed by atoms with E-state index in [1.165, 1.54) is 14.0 Å². The Morgan fingerprint density at radius 1 is 1.12 bits per heavy atom. The molecule has 0 aliphatic heterocycles. The van der Waals surface area contributed by atoms with Crippen molar-refractivity contribution < 1.29 is 19.1 Å². The molecule has 0 spiro atoms. The molecule has 0 saturated heterocycles. The van der Waals surface area contributed by atoms with E-state index in [0.29, 0.717) is 23.7 Å². The smallest absolute Gasteiger partial charge is 0.238 e. The molecule has 1 aromatic carbocycles. The van der Waals surface area contributed by atoms with Crippen LogP contribution in [-0.2, 0) is 14.4 Å². The van der Waals surface area contributed by atoms with Gasteiger partial charge in [0, 0.05) is 19.2 Å². The molecule has 8 nitrogen and oxygen atoms in total. The Morgan fingerprint density at radius 3 is 2.40 bits per heavy atom. The predicted octanol–water partition coefficient (Wildman–Crippen LogP) is 1.05. The van der Waals surface area contributed by atoms with Gasteiger partial charge in [0.15, 0.2) is 0 Å². The van der Waals surface area contributed by atoms with Crippen LogP contribution in [0, 0.1) is 0 Å². The number of rotatable bonds is 9. The maximum Gasteiger partial charge on any atom is 0.238 e. The summed E-state index contributed by atoms with van der Waals surface area (Å²) in [5.41, 5.74) is 0.999. The van der Waals surface area contributed by atoms with E-state index in [1.807, 2.05) is 6.92 Å². The van der Waals surface area contributed by atoms with Crippen LogP contribution in [0.25, 0.3) is 0 Å². The largest absolute Gasteiger partial charge is 0.495 e. The summed E-state index contributed by atoms with van der Waals surface area (Å²) >= 11 is 0. The van der Waals surface area contributed by atoms with Gasteiger partial charge in [-0.1, -0.05) is 6.92 Å². The Hall–Kier alpha value is -2.61. The van der Waals surface area contributed by atoms with E-state index in [1.54, 1.807) is 30.1 Å². The molecule has 25 heavy (non-hydrogen) atoms. The summed E-state index contributed by atoms with van der Waals surface area (Å²) in [6.07, 6.45) is 0.861. The van der Waals surface area contributed by atoms with Crippen LogP contribution in [-0.4, -0.2) is 56.4 Å².